The summed E-state index contributed by atoms with van der Waals surface area (Å²) in [6, 6.07) is 0.772. The van der Waals surface area contributed by atoms with Crippen LogP contribution in [0.2, 0.25) is 0 Å². The normalized spacial score (nSPS) is 29.8. The number of rotatable bonds is 1. The van der Waals surface area contributed by atoms with E-state index >= 15 is 0 Å². The Bertz CT molecular complexity index is 336. The topological polar surface area (TPSA) is 58.8 Å². The van der Waals surface area contributed by atoms with Crippen molar-refractivity contribution in [1.82, 2.24) is 9.80 Å². The van der Waals surface area contributed by atoms with Gasteiger partial charge in [-0.3, -0.25) is 0 Å². The Hall–Kier alpha value is -0.810. The van der Waals surface area contributed by atoms with Crippen LogP contribution in [0, 0.1) is 5.92 Å². The molecule has 5 nitrogen and oxygen atoms in total. The van der Waals surface area contributed by atoms with Crippen molar-refractivity contribution in [2.24, 2.45) is 11.7 Å². The first-order valence-corrected chi connectivity index (χ1v) is 7.71. The maximum Gasteiger partial charge on any atom is 0.410 e. The Morgan fingerprint density at radius 1 is 1.15 bits per heavy atom. The van der Waals surface area contributed by atoms with Gasteiger partial charge in [0.2, 0.25) is 0 Å². The average molecular weight is 283 g/mol. The molecule has 0 aliphatic carbocycles. The van der Waals surface area contributed by atoms with Crippen LogP contribution in [0.5, 0.6) is 0 Å². The van der Waals surface area contributed by atoms with E-state index < -0.39 is 5.60 Å². The van der Waals surface area contributed by atoms with E-state index in [9.17, 15) is 4.79 Å². The highest BCUT2D eigenvalue weighted by Crippen LogP contribution is 2.30. The summed E-state index contributed by atoms with van der Waals surface area (Å²) in [6.45, 7) is 8.39. The van der Waals surface area contributed by atoms with Gasteiger partial charge in [0.15, 0.2) is 0 Å². The molecule has 0 aromatic carbocycles. The summed E-state index contributed by atoms with van der Waals surface area (Å²) in [6.07, 6.45) is 2.97. The van der Waals surface area contributed by atoms with Crippen molar-refractivity contribution in [1.29, 1.82) is 0 Å². The number of hydrogen-bond acceptors (Lipinski definition) is 4. The zero-order valence-electron chi connectivity index (χ0n) is 13.3. The molecule has 5 heteroatoms. The Kier molecular flexibility index (Phi) is 4.59. The molecule has 2 aliphatic heterocycles. The van der Waals surface area contributed by atoms with E-state index in [4.69, 9.17) is 10.5 Å². The number of hydrogen-bond donors (Lipinski definition) is 1. The zero-order chi connectivity index (χ0) is 14.9. The maximum atomic E-state index is 12.0. The highest BCUT2D eigenvalue weighted by Gasteiger charge is 2.38. The minimum atomic E-state index is -0.415. The molecule has 20 heavy (non-hydrogen) atoms. The first kappa shape index (κ1) is 15.6. The van der Waals surface area contributed by atoms with Crippen LogP contribution in [0.15, 0.2) is 0 Å². The average Bonchev–Trinajstić information content (AvgIpc) is 2.67. The fourth-order valence-corrected chi connectivity index (χ4v) is 3.46. The lowest BCUT2D eigenvalue weighted by atomic mass is 9.86. The second-order valence-electron chi connectivity index (χ2n) is 7.23. The monoisotopic (exact) mass is 283 g/mol. The number of amides is 1. The zero-order valence-corrected chi connectivity index (χ0v) is 13.3. The van der Waals surface area contributed by atoms with E-state index in [0.29, 0.717) is 12.0 Å². The Morgan fingerprint density at radius 3 is 2.20 bits per heavy atom. The lowest BCUT2D eigenvalue weighted by Gasteiger charge is -2.38. The third-order valence-corrected chi connectivity index (χ3v) is 4.44. The standard InChI is InChI=1S/C15H29N3O2/c1-15(2,3)20-14(19)18-9-5-11(6-10-18)13-12(16)7-8-17(13)4/h11-13H,5-10,16H2,1-4H3. The Morgan fingerprint density at radius 2 is 1.75 bits per heavy atom. The molecule has 0 saturated carbocycles. The fourth-order valence-electron chi connectivity index (χ4n) is 3.46. The number of carbonyl (C=O) groups is 1. The molecular formula is C15H29N3O2. The smallest absolute Gasteiger partial charge is 0.410 e. The summed E-state index contributed by atoms with van der Waals surface area (Å²) in [5.74, 6) is 0.608. The van der Waals surface area contributed by atoms with Gasteiger partial charge in [0.05, 0.1) is 0 Å². The summed E-state index contributed by atoms with van der Waals surface area (Å²) < 4.78 is 5.43. The molecule has 0 spiro atoms. The first-order valence-electron chi connectivity index (χ1n) is 7.71. The number of likely N-dealkylation sites (N-methyl/N-ethyl adjacent to an activating group) is 1. The van der Waals surface area contributed by atoms with Gasteiger partial charge in [-0.15, -0.1) is 0 Å². The summed E-state index contributed by atoms with van der Waals surface area (Å²) in [5.41, 5.74) is 5.82. The quantitative estimate of drug-likeness (QED) is 0.795. The maximum absolute atomic E-state index is 12.0. The Labute approximate surface area is 122 Å². The lowest BCUT2D eigenvalue weighted by Crippen LogP contribution is -2.49. The fraction of sp³-hybridized carbons (Fsp3) is 0.933. The van der Waals surface area contributed by atoms with E-state index in [-0.39, 0.29) is 12.1 Å². The summed E-state index contributed by atoms with van der Waals surface area (Å²) >= 11 is 0. The van der Waals surface area contributed by atoms with Gasteiger partial charge in [-0.2, -0.15) is 0 Å². The molecular weight excluding hydrogens is 254 g/mol. The number of likely N-dealkylation sites (tertiary alicyclic amines) is 2. The van der Waals surface area contributed by atoms with Gasteiger partial charge in [0.25, 0.3) is 0 Å². The minimum absolute atomic E-state index is 0.181. The van der Waals surface area contributed by atoms with Gasteiger partial charge >= 0.3 is 6.09 Å². The third kappa shape index (κ3) is 3.64. The summed E-state index contributed by atoms with van der Waals surface area (Å²) in [7, 11) is 2.16. The van der Waals surface area contributed by atoms with Crippen LogP contribution in [-0.4, -0.2) is 60.3 Å². The van der Waals surface area contributed by atoms with Crippen molar-refractivity contribution in [2.75, 3.05) is 26.7 Å². The molecule has 2 N–H and O–H groups in total. The van der Waals surface area contributed by atoms with Crippen LogP contribution in [-0.2, 0) is 4.74 Å². The van der Waals surface area contributed by atoms with E-state index in [1.165, 1.54) is 0 Å². The number of piperidine rings is 1. The lowest BCUT2D eigenvalue weighted by molar-refractivity contribution is 0.0148. The third-order valence-electron chi connectivity index (χ3n) is 4.44. The molecule has 2 saturated heterocycles. The second kappa shape index (κ2) is 5.90. The van der Waals surface area contributed by atoms with Crippen LogP contribution in [0.25, 0.3) is 0 Å². The van der Waals surface area contributed by atoms with Crippen molar-refractivity contribution < 1.29 is 9.53 Å². The van der Waals surface area contributed by atoms with Crippen LogP contribution >= 0.6 is 0 Å². The summed E-state index contributed by atoms with van der Waals surface area (Å²) in [4.78, 5) is 16.3. The van der Waals surface area contributed by atoms with Crippen molar-refractivity contribution >= 4 is 6.09 Å². The van der Waals surface area contributed by atoms with Gasteiger partial charge in [-0.1, -0.05) is 0 Å². The molecule has 2 fully saturated rings. The first-order chi connectivity index (χ1) is 9.28. The molecule has 2 rings (SSSR count). The largest absolute Gasteiger partial charge is 0.444 e. The van der Waals surface area contributed by atoms with Gasteiger partial charge in [0, 0.05) is 25.2 Å². The summed E-state index contributed by atoms with van der Waals surface area (Å²) in [5, 5.41) is 0. The predicted octanol–water partition coefficient (Wildman–Crippen LogP) is 1.66. The molecule has 2 atom stereocenters. The number of nitrogens with zero attached hydrogens (tertiary/aromatic N) is 2. The van der Waals surface area contributed by atoms with Crippen LogP contribution in [0.3, 0.4) is 0 Å². The molecule has 0 aromatic heterocycles. The molecule has 0 aromatic rings. The van der Waals surface area contributed by atoms with E-state index in [1.54, 1.807) is 0 Å². The van der Waals surface area contributed by atoms with Crippen LogP contribution < -0.4 is 5.73 Å². The van der Waals surface area contributed by atoms with Crippen molar-refractivity contribution in [3.8, 4) is 0 Å². The van der Waals surface area contributed by atoms with Crippen molar-refractivity contribution in [3.63, 3.8) is 0 Å². The van der Waals surface area contributed by atoms with Crippen molar-refractivity contribution in [2.45, 2.75) is 57.7 Å². The highest BCUT2D eigenvalue weighted by molar-refractivity contribution is 5.68. The van der Waals surface area contributed by atoms with Crippen LogP contribution in [0.1, 0.15) is 40.0 Å². The number of carbonyl (C=O) groups excluding carboxylic acids is 1. The predicted molar refractivity (Wildman–Crippen MR) is 79.5 cm³/mol. The highest BCUT2D eigenvalue weighted by atomic mass is 16.6. The molecule has 2 heterocycles. The molecule has 2 unspecified atom stereocenters. The van der Waals surface area contributed by atoms with Gasteiger partial charge in [-0.25, -0.2) is 4.79 Å². The van der Waals surface area contributed by atoms with E-state index in [1.807, 2.05) is 25.7 Å². The number of nitrogens with two attached hydrogens (primary N) is 1. The molecule has 1 amide bonds. The van der Waals surface area contributed by atoms with Gasteiger partial charge in [0.1, 0.15) is 5.60 Å². The SMILES string of the molecule is CN1CCC(N)C1C1CCN(C(=O)OC(C)(C)C)CC1. The van der Waals surface area contributed by atoms with E-state index in [0.717, 1.165) is 38.9 Å². The van der Waals surface area contributed by atoms with Crippen molar-refractivity contribution in [3.05, 3.63) is 0 Å². The molecule has 116 valence electrons. The van der Waals surface area contributed by atoms with Gasteiger partial charge in [-0.05, 0) is 59.5 Å². The van der Waals surface area contributed by atoms with Crippen LogP contribution in [0.4, 0.5) is 4.79 Å². The molecule has 2 aliphatic rings. The van der Waals surface area contributed by atoms with Gasteiger partial charge < -0.3 is 20.3 Å². The second-order valence-corrected chi connectivity index (χ2v) is 7.23. The minimum Gasteiger partial charge on any atom is -0.444 e. The van der Waals surface area contributed by atoms with E-state index in [2.05, 4.69) is 11.9 Å². The molecule has 0 bridgehead atoms. The number of ether oxygens (including phenoxy) is 1. The molecule has 0 radical (unpaired) electrons. The Balaban J connectivity index is 1.85.